The lowest BCUT2D eigenvalue weighted by Crippen LogP contribution is -2.11. The van der Waals surface area contributed by atoms with Gasteiger partial charge in [-0.2, -0.15) is 8.78 Å². The molecule has 1 unspecified atom stereocenters. The predicted octanol–water partition coefficient (Wildman–Crippen LogP) is 1.79. The first-order chi connectivity index (χ1) is 7.99. The number of epoxide rings is 1. The molecule has 0 spiro atoms. The van der Waals surface area contributed by atoms with Crippen molar-refractivity contribution < 1.29 is 23.0 Å². The predicted molar refractivity (Wildman–Crippen MR) is 57.0 cm³/mol. The molecule has 1 saturated heterocycles. The fourth-order valence-electron chi connectivity index (χ4n) is 0.922. The standard InChI is InChI=1S/C8H7F2NO2.C3H6O/c9-8(10)13-6-3-1-2-5(4-6)7(11)12;1-3-2-4-3/h1-4,8H,(H2,11,12);3H,2H2,1H3. The van der Waals surface area contributed by atoms with Crippen molar-refractivity contribution in [3.8, 4) is 5.75 Å². The molecule has 2 N–H and O–H groups in total. The molecule has 2 rings (SSSR count). The Balaban J connectivity index is 0.000000302. The molecule has 1 aliphatic rings. The van der Waals surface area contributed by atoms with Crippen LogP contribution in [0.25, 0.3) is 0 Å². The molecular weight excluding hydrogens is 232 g/mol. The van der Waals surface area contributed by atoms with E-state index in [1.165, 1.54) is 18.2 Å². The minimum atomic E-state index is -2.90. The minimum absolute atomic E-state index is 0.0775. The Bertz CT molecular complexity index is 381. The van der Waals surface area contributed by atoms with Gasteiger partial charge in [0.05, 0.1) is 12.7 Å². The van der Waals surface area contributed by atoms with Crippen LogP contribution in [-0.2, 0) is 4.74 Å². The molecule has 0 bridgehead atoms. The fourth-order valence-corrected chi connectivity index (χ4v) is 0.922. The maximum absolute atomic E-state index is 11.7. The van der Waals surface area contributed by atoms with Gasteiger partial charge in [0.2, 0.25) is 5.91 Å². The summed E-state index contributed by atoms with van der Waals surface area (Å²) in [7, 11) is 0. The summed E-state index contributed by atoms with van der Waals surface area (Å²) in [6.45, 7) is 0.142. The van der Waals surface area contributed by atoms with Gasteiger partial charge in [0.25, 0.3) is 0 Å². The van der Waals surface area contributed by atoms with E-state index in [1.54, 1.807) is 0 Å². The van der Waals surface area contributed by atoms with Crippen molar-refractivity contribution in [1.29, 1.82) is 0 Å². The number of ether oxygens (including phenoxy) is 2. The molecule has 94 valence electrons. The molecule has 0 radical (unpaired) electrons. The molecule has 1 aromatic carbocycles. The highest BCUT2D eigenvalue weighted by molar-refractivity contribution is 5.93. The maximum atomic E-state index is 11.7. The highest BCUT2D eigenvalue weighted by atomic mass is 19.3. The Kier molecular flexibility index (Phi) is 4.84. The summed E-state index contributed by atoms with van der Waals surface area (Å²) < 4.78 is 32.2. The van der Waals surface area contributed by atoms with Crippen LogP contribution in [0.15, 0.2) is 24.3 Å². The lowest BCUT2D eigenvalue weighted by Gasteiger charge is -2.04. The van der Waals surface area contributed by atoms with E-state index in [0.717, 1.165) is 12.7 Å². The molecule has 1 aromatic rings. The van der Waals surface area contributed by atoms with Gasteiger partial charge in [0, 0.05) is 5.56 Å². The third-order valence-electron chi connectivity index (χ3n) is 1.84. The highest BCUT2D eigenvalue weighted by Crippen LogP contribution is 2.15. The van der Waals surface area contributed by atoms with E-state index in [1.807, 2.05) is 0 Å². The number of hydrogen-bond acceptors (Lipinski definition) is 3. The van der Waals surface area contributed by atoms with Crippen LogP contribution in [-0.4, -0.2) is 25.2 Å². The van der Waals surface area contributed by atoms with Crippen molar-refractivity contribution in [1.82, 2.24) is 0 Å². The molecule has 0 saturated carbocycles. The number of alkyl halides is 2. The molecule has 0 aliphatic carbocycles. The van der Waals surface area contributed by atoms with Gasteiger partial charge in [-0.25, -0.2) is 0 Å². The zero-order valence-electron chi connectivity index (χ0n) is 9.23. The Morgan fingerprint density at radius 3 is 2.59 bits per heavy atom. The molecule has 1 heterocycles. The zero-order chi connectivity index (χ0) is 12.8. The number of hydrogen-bond donors (Lipinski definition) is 1. The highest BCUT2D eigenvalue weighted by Gasteiger charge is 2.13. The van der Waals surface area contributed by atoms with Crippen LogP contribution in [0.4, 0.5) is 8.78 Å². The summed E-state index contributed by atoms with van der Waals surface area (Å²) in [4.78, 5) is 10.6. The van der Waals surface area contributed by atoms with Crippen molar-refractivity contribution >= 4 is 5.91 Å². The summed E-state index contributed by atoms with van der Waals surface area (Å²) in [5, 5.41) is 0. The quantitative estimate of drug-likeness (QED) is 0.826. The van der Waals surface area contributed by atoms with Gasteiger partial charge in [0.15, 0.2) is 0 Å². The molecule has 1 aliphatic heterocycles. The number of primary amides is 1. The molecule has 17 heavy (non-hydrogen) atoms. The van der Waals surface area contributed by atoms with E-state index in [-0.39, 0.29) is 11.3 Å². The van der Waals surface area contributed by atoms with E-state index >= 15 is 0 Å². The Morgan fingerprint density at radius 2 is 2.18 bits per heavy atom. The van der Waals surface area contributed by atoms with E-state index in [9.17, 15) is 13.6 Å². The first kappa shape index (κ1) is 13.4. The second-order valence-electron chi connectivity index (χ2n) is 3.41. The zero-order valence-corrected chi connectivity index (χ0v) is 9.23. The van der Waals surface area contributed by atoms with Crippen molar-refractivity contribution in [2.45, 2.75) is 19.6 Å². The molecule has 1 fully saturated rings. The van der Waals surface area contributed by atoms with Crippen LogP contribution in [0.2, 0.25) is 0 Å². The summed E-state index contributed by atoms with van der Waals surface area (Å²) in [5.41, 5.74) is 5.07. The molecule has 4 nitrogen and oxygen atoms in total. The second-order valence-corrected chi connectivity index (χ2v) is 3.41. The lowest BCUT2D eigenvalue weighted by molar-refractivity contribution is -0.0498. The monoisotopic (exact) mass is 245 g/mol. The lowest BCUT2D eigenvalue weighted by atomic mass is 10.2. The number of nitrogens with two attached hydrogens (primary N) is 1. The van der Waals surface area contributed by atoms with E-state index < -0.39 is 12.5 Å². The summed E-state index contributed by atoms with van der Waals surface area (Å²) >= 11 is 0. The number of carbonyl (C=O) groups excluding carboxylic acids is 1. The SMILES string of the molecule is CC1CO1.NC(=O)c1cccc(OC(F)F)c1. The van der Waals surface area contributed by atoms with Crippen molar-refractivity contribution in [3.63, 3.8) is 0 Å². The van der Waals surface area contributed by atoms with Crippen molar-refractivity contribution in [3.05, 3.63) is 29.8 Å². The van der Waals surface area contributed by atoms with E-state index in [4.69, 9.17) is 10.5 Å². The van der Waals surface area contributed by atoms with Gasteiger partial charge in [-0.3, -0.25) is 4.79 Å². The van der Waals surface area contributed by atoms with Crippen LogP contribution in [0.1, 0.15) is 17.3 Å². The summed E-state index contributed by atoms with van der Waals surface area (Å²) in [6.07, 6.45) is 0.583. The third-order valence-corrected chi connectivity index (χ3v) is 1.84. The van der Waals surface area contributed by atoms with E-state index in [2.05, 4.69) is 11.7 Å². The minimum Gasteiger partial charge on any atom is -0.435 e. The topological polar surface area (TPSA) is 64.8 Å². The van der Waals surface area contributed by atoms with Gasteiger partial charge in [-0.1, -0.05) is 6.07 Å². The van der Waals surface area contributed by atoms with Gasteiger partial charge in [-0.15, -0.1) is 0 Å². The van der Waals surface area contributed by atoms with E-state index in [0.29, 0.717) is 6.10 Å². The average Bonchev–Trinajstić information content (AvgIpc) is 3.01. The van der Waals surface area contributed by atoms with Gasteiger partial charge in [0.1, 0.15) is 5.75 Å². The van der Waals surface area contributed by atoms with Crippen LogP contribution in [0.3, 0.4) is 0 Å². The molecule has 0 aromatic heterocycles. The maximum Gasteiger partial charge on any atom is 0.387 e. The smallest absolute Gasteiger partial charge is 0.387 e. The Hall–Kier alpha value is -1.69. The Morgan fingerprint density at radius 1 is 1.59 bits per heavy atom. The molecule has 1 atom stereocenters. The largest absolute Gasteiger partial charge is 0.435 e. The van der Waals surface area contributed by atoms with Crippen LogP contribution >= 0.6 is 0 Å². The normalized spacial score (nSPS) is 17.1. The van der Waals surface area contributed by atoms with Crippen LogP contribution in [0.5, 0.6) is 5.75 Å². The number of benzene rings is 1. The fraction of sp³-hybridized carbons (Fsp3) is 0.364. The first-order valence-corrected chi connectivity index (χ1v) is 4.95. The van der Waals surface area contributed by atoms with Crippen molar-refractivity contribution in [2.75, 3.05) is 6.61 Å². The van der Waals surface area contributed by atoms with Gasteiger partial charge in [-0.05, 0) is 25.1 Å². The van der Waals surface area contributed by atoms with Gasteiger partial charge >= 0.3 is 6.61 Å². The number of carbonyl (C=O) groups is 1. The van der Waals surface area contributed by atoms with Crippen LogP contribution in [0, 0.1) is 0 Å². The van der Waals surface area contributed by atoms with Gasteiger partial charge < -0.3 is 15.2 Å². The first-order valence-electron chi connectivity index (χ1n) is 4.95. The molecule has 1 amide bonds. The number of rotatable bonds is 3. The van der Waals surface area contributed by atoms with Crippen molar-refractivity contribution in [2.24, 2.45) is 5.73 Å². The molecular formula is C11H13F2NO3. The second kappa shape index (κ2) is 6.15. The Labute approximate surface area is 97.3 Å². The average molecular weight is 245 g/mol. The third kappa shape index (κ3) is 5.82. The number of halogens is 2. The number of amides is 1. The summed E-state index contributed by atoms with van der Waals surface area (Å²) in [6, 6.07) is 5.31. The summed E-state index contributed by atoms with van der Waals surface area (Å²) in [5.74, 6) is -0.758. The molecule has 6 heteroatoms. The van der Waals surface area contributed by atoms with Crippen LogP contribution < -0.4 is 10.5 Å².